The third kappa shape index (κ3) is 3.82. The van der Waals surface area contributed by atoms with Gasteiger partial charge in [0.2, 0.25) is 0 Å². The summed E-state index contributed by atoms with van der Waals surface area (Å²) in [5.41, 5.74) is 0.941. The van der Waals surface area contributed by atoms with Gasteiger partial charge in [-0.3, -0.25) is 19.9 Å². The van der Waals surface area contributed by atoms with E-state index in [4.69, 9.17) is 0 Å². The Labute approximate surface area is 147 Å². The second-order valence-electron chi connectivity index (χ2n) is 6.78. The van der Waals surface area contributed by atoms with Crippen LogP contribution in [0.4, 0.5) is 10.6 Å². The van der Waals surface area contributed by atoms with Crippen LogP contribution in [-0.4, -0.2) is 62.8 Å². The van der Waals surface area contributed by atoms with E-state index in [2.05, 4.69) is 20.3 Å². The predicted octanol–water partition coefficient (Wildman–Crippen LogP) is 2.03. The zero-order chi connectivity index (χ0) is 17.1. The highest BCUT2D eigenvalue weighted by atomic mass is 16.2. The lowest BCUT2D eigenvalue weighted by Gasteiger charge is -2.23. The van der Waals surface area contributed by atoms with Gasteiger partial charge in [-0.1, -0.05) is 6.07 Å². The summed E-state index contributed by atoms with van der Waals surface area (Å²) in [7, 11) is 0. The predicted molar refractivity (Wildman–Crippen MR) is 95.4 cm³/mol. The van der Waals surface area contributed by atoms with Crippen LogP contribution in [0.25, 0.3) is 0 Å². The van der Waals surface area contributed by atoms with Crippen LogP contribution in [0.1, 0.15) is 25.0 Å². The number of nitrogens with zero attached hydrogens (tertiary/aromatic N) is 5. The van der Waals surface area contributed by atoms with Gasteiger partial charge in [-0.25, -0.2) is 4.79 Å². The Morgan fingerprint density at radius 1 is 1.20 bits per heavy atom. The topological polar surface area (TPSA) is 66.3 Å². The molecule has 4 heterocycles. The first-order chi connectivity index (χ1) is 12.3. The van der Waals surface area contributed by atoms with Crippen molar-refractivity contribution in [3.8, 4) is 0 Å². The number of hydrogen-bond acceptors (Lipinski definition) is 4. The molecule has 1 N–H and O–H groups in total. The summed E-state index contributed by atoms with van der Waals surface area (Å²) >= 11 is 0. The summed E-state index contributed by atoms with van der Waals surface area (Å²) in [5.74, 6) is 0.588. The number of amides is 2. The van der Waals surface area contributed by atoms with E-state index >= 15 is 0 Å². The molecule has 0 saturated carbocycles. The van der Waals surface area contributed by atoms with Crippen LogP contribution in [0.2, 0.25) is 0 Å². The number of carbonyl (C=O) groups excluding carboxylic acids is 1. The zero-order valence-corrected chi connectivity index (χ0v) is 14.3. The lowest BCUT2D eigenvalue weighted by atomic mass is 10.2. The van der Waals surface area contributed by atoms with Crippen LogP contribution in [0.5, 0.6) is 0 Å². The van der Waals surface area contributed by atoms with Gasteiger partial charge in [0.15, 0.2) is 5.82 Å². The van der Waals surface area contributed by atoms with E-state index in [1.165, 1.54) is 25.9 Å². The third-order valence-electron chi connectivity index (χ3n) is 5.03. The molecule has 7 nitrogen and oxygen atoms in total. The fourth-order valence-corrected chi connectivity index (χ4v) is 3.69. The number of urea groups is 1. The smallest absolute Gasteiger partial charge is 0.323 e. The van der Waals surface area contributed by atoms with Crippen LogP contribution in [0, 0.1) is 0 Å². The fourth-order valence-electron chi connectivity index (χ4n) is 3.69. The highest BCUT2D eigenvalue weighted by Gasteiger charge is 2.31. The summed E-state index contributed by atoms with van der Waals surface area (Å²) in [5, 5.41) is 7.34. The summed E-state index contributed by atoms with van der Waals surface area (Å²) in [4.78, 5) is 21.2. The van der Waals surface area contributed by atoms with E-state index in [0.717, 1.165) is 25.2 Å². The minimum atomic E-state index is -0.0511. The lowest BCUT2D eigenvalue weighted by molar-refractivity contribution is 0.210. The molecule has 2 aliphatic heterocycles. The van der Waals surface area contributed by atoms with E-state index in [0.29, 0.717) is 18.4 Å². The molecule has 4 rings (SSSR count). The number of rotatable bonds is 4. The molecule has 132 valence electrons. The molecule has 0 radical (unpaired) electrons. The van der Waals surface area contributed by atoms with E-state index in [1.807, 2.05) is 35.4 Å². The van der Waals surface area contributed by atoms with Crippen molar-refractivity contribution in [2.24, 2.45) is 0 Å². The van der Waals surface area contributed by atoms with Crippen LogP contribution in [0.15, 0.2) is 36.7 Å². The maximum atomic E-state index is 12.5. The highest BCUT2D eigenvalue weighted by molar-refractivity contribution is 5.88. The Morgan fingerprint density at radius 3 is 2.88 bits per heavy atom. The molecule has 2 fully saturated rings. The Kier molecular flexibility index (Phi) is 4.65. The summed E-state index contributed by atoms with van der Waals surface area (Å²) in [6.45, 7) is 4.59. The number of anilines is 1. The third-order valence-corrected chi connectivity index (χ3v) is 5.03. The van der Waals surface area contributed by atoms with Crippen LogP contribution < -0.4 is 5.32 Å². The van der Waals surface area contributed by atoms with E-state index in [-0.39, 0.29) is 6.03 Å². The minimum Gasteiger partial charge on any atom is -0.323 e. The van der Waals surface area contributed by atoms with Gasteiger partial charge in [-0.05, 0) is 44.5 Å². The maximum Gasteiger partial charge on any atom is 0.323 e. The standard InChI is InChI=1S/C18H24N6O/c25-18(23-11-6-16(14-23)22-9-3-4-10-22)20-17-7-12-24(21-17)13-15-5-1-2-8-19-15/h1-2,5,7-8,12,16H,3-4,6,9-11,13-14H2,(H,20,21,25)/t16-/m0/s1. The van der Waals surface area contributed by atoms with Crippen LogP contribution in [0.3, 0.4) is 0 Å². The summed E-state index contributed by atoms with van der Waals surface area (Å²) in [6, 6.07) is 8.11. The van der Waals surface area contributed by atoms with Crippen LogP contribution in [-0.2, 0) is 6.54 Å². The molecular formula is C18H24N6O. The Balaban J connectivity index is 1.31. The van der Waals surface area contributed by atoms with Gasteiger partial charge in [0.05, 0.1) is 12.2 Å². The monoisotopic (exact) mass is 340 g/mol. The second-order valence-corrected chi connectivity index (χ2v) is 6.78. The lowest BCUT2D eigenvalue weighted by Crippen LogP contribution is -2.38. The van der Waals surface area contributed by atoms with Crippen molar-refractivity contribution in [1.29, 1.82) is 0 Å². The van der Waals surface area contributed by atoms with Crippen molar-refractivity contribution in [3.05, 3.63) is 42.4 Å². The van der Waals surface area contributed by atoms with Gasteiger partial charge in [0.1, 0.15) is 0 Å². The van der Waals surface area contributed by atoms with E-state index in [1.54, 1.807) is 10.9 Å². The fraction of sp³-hybridized carbons (Fsp3) is 0.500. The number of aromatic nitrogens is 3. The molecule has 2 aliphatic rings. The largest absolute Gasteiger partial charge is 0.323 e. The first-order valence-electron chi connectivity index (χ1n) is 9.01. The number of likely N-dealkylation sites (tertiary alicyclic amines) is 2. The average Bonchev–Trinajstić information content (AvgIpc) is 3.37. The first kappa shape index (κ1) is 16.1. The Morgan fingerprint density at radius 2 is 2.08 bits per heavy atom. The first-order valence-corrected chi connectivity index (χ1v) is 9.01. The molecule has 1 atom stereocenters. The van der Waals surface area contributed by atoms with Gasteiger partial charge >= 0.3 is 6.03 Å². The molecule has 0 aliphatic carbocycles. The molecule has 0 unspecified atom stereocenters. The molecule has 0 aromatic carbocycles. The number of pyridine rings is 1. The summed E-state index contributed by atoms with van der Waals surface area (Å²) in [6.07, 6.45) is 7.28. The van der Waals surface area contributed by atoms with Crippen molar-refractivity contribution in [2.75, 3.05) is 31.5 Å². The molecule has 2 amide bonds. The maximum absolute atomic E-state index is 12.5. The number of hydrogen-bond donors (Lipinski definition) is 1. The molecule has 0 spiro atoms. The molecule has 2 saturated heterocycles. The summed E-state index contributed by atoms with van der Waals surface area (Å²) < 4.78 is 1.79. The molecule has 7 heteroatoms. The average molecular weight is 340 g/mol. The highest BCUT2D eigenvalue weighted by Crippen LogP contribution is 2.21. The van der Waals surface area contributed by atoms with E-state index in [9.17, 15) is 4.79 Å². The van der Waals surface area contributed by atoms with Gasteiger partial charge < -0.3 is 4.90 Å². The van der Waals surface area contributed by atoms with Gasteiger partial charge in [0.25, 0.3) is 0 Å². The molecule has 0 bridgehead atoms. The van der Waals surface area contributed by atoms with E-state index < -0.39 is 0 Å². The van der Waals surface area contributed by atoms with Gasteiger partial charge in [-0.15, -0.1) is 0 Å². The molecular weight excluding hydrogens is 316 g/mol. The quantitative estimate of drug-likeness (QED) is 0.925. The minimum absolute atomic E-state index is 0.0511. The number of nitrogens with one attached hydrogen (secondary N) is 1. The van der Waals surface area contributed by atoms with Crippen molar-refractivity contribution in [2.45, 2.75) is 31.8 Å². The van der Waals surface area contributed by atoms with Crippen molar-refractivity contribution in [1.82, 2.24) is 24.6 Å². The Hall–Kier alpha value is -2.41. The zero-order valence-electron chi connectivity index (χ0n) is 14.3. The molecule has 25 heavy (non-hydrogen) atoms. The van der Waals surface area contributed by atoms with Gasteiger partial charge in [0, 0.05) is 37.6 Å². The number of carbonyl (C=O) groups is 1. The SMILES string of the molecule is O=C(Nc1ccn(Cc2ccccn2)n1)N1CC[C@H](N2CCCC2)C1. The normalized spacial score (nSPS) is 21.0. The second kappa shape index (κ2) is 7.23. The Bertz CT molecular complexity index is 709. The van der Waals surface area contributed by atoms with Crippen molar-refractivity contribution < 1.29 is 4.79 Å². The van der Waals surface area contributed by atoms with Crippen LogP contribution >= 0.6 is 0 Å². The van der Waals surface area contributed by atoms with Crippen molar-refractivity contribution in [3.63, 3.8) is 0 Å². The molecule has 2 aromatic heterocycles. The van der Waals surface area contributed by atoms with Gasteiger partial charge in [-0.2, -0.15) is 5.10 Å². The van der Waals surface area contributed by atoms with Crippen molar-refractivity contribution >= 4 is 11.8 Å². The molecule has 2 aromatic rings.